The summed E-state index contributed by atoms with van der Waals surface area (Å²) in [4.78, 5) is 41.0. The standard InChI is InChI=1S/C40H33N3O3S/c1-2-37(40(46)42-33-23-22-27-12-6-7-16-30(27)24-33)47-34-20-11-19-32(26-34)41-39(45)36(43-38(44)29-14-4-3-5-15-29)25-31-18-10-17-28-13-8-9-21-35(28)31/h3-26,37H,2H2,1H3,(H,41,45)(H,42,46)(H,43,44)/b36-25+. The van der Waals surface area contributed by atoms with E-state index in [4.69, 9.17) is 0 Å². The van der Waals surface area contributed by atoms with Crippen LogP contribution in [0.1, 0.15) is 29.3 Å². The first-order valence-corrected chi connectivity index (χ1v) is 16.3. The third-order valence-corrected chi connectivity index (χ3v) is 9.06. The Balaban J connectivity index is 1.20. The van der Waals surface area contributed by atoms with Crippen molar-refractivity contribution < 1.29 is 14.4 Å². The third kappa shape index (κ3) is 7.77. The van der Waals surface area contributed by atoms with Crippen molar-refractivity contribution in [3.8, 4) is 0 Å². The molecular formula is C40H33N3O3S. The molecule has 1 unspecified atom stereocenters. The molecule has 6 rings (SSSR count). The molecule has 0 aliphatic heterocycles. The lowest BCUT2D eigenvalue weighted by molar-refractivity contribution is -0.116. The average Bonchev–Trinajstić information content (AvgIpc) is 3.10. The van der Waals surface area contributed by atoms with Gasteiger partial charge in [0, 0.05) is 21.8 Å². The second-order valence-electron chi connectivity index (χ2n) is 11.0. The number of anilines is 2. The van der Waals surface area contributed by atoms with E-state index < -0.39 is 5.91 Å². The summed E-state index contributed by atoms with van der Waals surface area (Å²) in [7, 11) is 0. The molecule has 7 heteroatoms. The van der Waals surface area contributed by atoms with Crippen molar-refractivity contribution in [3.63, 3.8) is 0 Å². The Kier molecular flexibility index (Phi) is 9.75. The van der Waals surface area contributed by atoms with E-state index in [0.29, 0.717) is 17.7 Å². The number of carbonyl (C=O) groups is 3. The first-order valence-electron chi connectivity index (χ1n) is 15.4. The second-order valence-corrected chi connectivity index (χ2v) is 12.3. The minimum Gasteiger partial charge on any atom is -0.325 e. The smallest absolute Gasteiger partial charge is 0.272 e. The number of hydrogen-bond acceptors (Lipinski definition) is 4. The van der Waals surface area contributed by atoms with E-state index in [9.17, 15) is 14.4 Å². The van der Waals surface area contributed by atoms with E-state index >= 15 is 0 Å². The highest BCUT2D eigenvalue weighted by molar-refractivity contribution is 8.00. The maximum Gasteiger partial charge on any atom is 0.272 e. The van der Waals surface area contributed by atoms with Gasteiger partial charge in [-0.1, -0.05) is 104 Å². The van der Waals surface area contributed by atoms with Gasteiger partial charge < -0.3 is 16.0 Å². The van der Waals surface area contributed by atoms with Gasteiger partial charge in [0.2, 0.25) is 5.91 Å². The van der Waals surface area contributed by atoms with E-state index in [-0.39, 0.29) is 22.8 Å². The zero-order chi connectivity index (χ0) is 32.6. The van der Waals surface area contributed by atoms with Crippen LogP contribution in [0.25, 0.3) is 27.6 Å². The number of carbonyl (C=O) groups excluding carboxylic acids is 3. The molecule has 3 amide bonds. The zero-order valence-electron chi connectivity index (χ0n) is 25.8. The monoisotopic (exact) mass is 635 g/mol. The molecule has 0 bridgehead atoms. The Morgan fingerprint density at radius 3 is 2.15 bits per heavy atom. The summed E-state index contributed by atoms with van der Waals surface area (Å²) in [5.41, 5.74) is 2.64. The SMILES string of the molecule is CCC(Sc1cccc(NC(=O)/C(=C\c2cccc3ccccc23)NC(=O)c2ccccc2)c1)C(=O)Nc1ccc2ccccc2c1. The van der Waals surface area contributed by atoms with Gasteiger partial charge >= 0.3 is 0 Å². The van der Waals surface area contributed by atoms with Crippen LogP contribution in [0.15, 0.2) is 150 Å². The number of amides is 3. The molecule has 1 atom stereocenters. The molecule has 47 heavy (non-hydrogen) atoms. The van der Waals surface area contributed by atoms with Crippen LogP contribution in [0, 0.1) is 0 Å². The molecule has 6 aromatic rings. The molecule has 0 aliphatic rings. The molecular weight excluding hydrogens is 603 g/mol. The van der Waals surface area contributed by atoms with E-state index in [1.165, 1.54) is 11.8 Å². The molecule has 0 radical (unpaired) electrons. The highest BCUT2D eigenvalue weighted by Gasteiger charge is 2.20. The lowest BCUT2D eigenvalue weighted by Gasteiger charge is -2.16. The van der Waals surface area contributed by atoms with Gasteiger partial charge in [0.25, 0.3) is 11.8 Å². The number of thioether (sulfide) groups is 1. The van der Waals surface area contributed by atoms with Crippen molar-refractivity contribution in [2.24, 2.45) is 0 Å². The van der Waals surface area contributed by atoms with Crippen LogP contribution in [0.4, 0.5) is 11.4 Å². The van der Waals surface area contributed by atoms with Gasteiger partial charge in [0.1, 0.15) is 5.70 Å². The Morgan fingerprint density at radius 2 is 1.34 bits per heavy atom. The van der Waals surface area contributed by atoms with E-state index in [0.717, 1.165) is 37.7 Å². The zero-order valence-corrected chi connectivity index (χ0v) is 26.6. The van der Waals surface area contributed by atoms with Crippen LogP contribution in [-0.4, -0.2) is 23.0 Å². The fourth-order valence-electron chi connectivity index (χ4n) is 5.30. The van der Waals surface area contributed by atoms with Crippen molar-refractivity contribution in [2.75, 3.05) is 10.6 Å². The molecule has 0 spiro atoms. The predicted molar refractivity (Wildman–Crippen MR) is 193 cm³/mol. The fourth-order valence-corrected chi connectivity index (χ4v) is 6.31. The maximum absolute atomic E-state index is 13.7. The Bertz CT molecular complexity index is 2100. The maximum atomic E-state index is 13.7. The number of hydrogen-bond donors (Lipinski definition) is 3. The van der Waals surface area contributed by atoms with Gasteiger partial charge in [0.05, 0.1) is 5.25 Å². The van der Waals surface area contributed by atoms with Gasteiger partial charge in [0.15, 0.2) is 0 Å². The Labute approximate surface area is 277 Å². The molecule has 6 nitrogen and oxygen atoms in total. The summed E-state index contributed by atoms with van der Waals surface area (Å²) < 4.78 is 0. The lowest BCUT2D eigenvalue weighted by Crippen LogP contribution is -2.30. The van der Waals surface area contributed by atoms with Crippen LogP contribution in [0.2, 0.25) is 0 Å². The largest absolute Gasteiger partial charge is 0.325 e. The normalized spacial score (nSPS) is 12.0. The summed E-state index contributed by atoms with van der Waals surface area (Å²) in [5.74, 6) is -0.948. The molecule has 0 saturated heterocycles. The first-order chi connectivity index (χ1) is 23.0. The number of nitrogens with one attached hydrogen (secondary N) is 3. The van der Waals surface area contributed by atoms with Crippen molar-refractivity contribution >= 4 is 68.5 Å². The Morgan fingerprint density at radius 1 is 0.660 bits per heavy atom. The topological polar surface area (TPSA) is 87.3 Å². The highest BCUT2D eigenvalue weighted by Crippen LogP contribution is 2.29. The molecule has 3 N–H and O–H groups in total. The quantitative estimate of drug-likeness (QED) is 0.104. The summed E-state index contributed by atoms with van der Waals surface area (Å²) in [5, 5.41) is 12.6. The summed E-state index contributed by atoms with van der Waals surface area (Å²) in [6.07, 6.45) is 2.31. The molecule has 0 aliphatic carbocycles. The van der Waals surface area contributed by atoms with Crippen molar-refractivity contribution in [1.82, 2.24) is 5.32 Å². The first kappa shape index (κ1) is 31.3. The van der Waals surface area contributed by atoms with Crippen LogP contribution in [0.5, 0.6) is 0 Å². The van der Waals surface area contributed by atoms with Crippen molar-refractivity contribution in [2.45, 2.75) is 23.5 Å². The van der Waals surface area contributed by atoms with Crippen LogP contribution < -0.4 is 16.0 Å². The van der Waals surface area contributed by atoms with Gasteiger partial charge in [-0.05, 0) is 82.1 Å². The van der Waals surface area contributed by atoms with Gasteiger partial charge in [-0.25, -0.2) is 0 Å². The molecule has 232 valence electrons. The van der Waals surface area contributed by atoms with Crippen molar-refractivity contribution in [1.29, 1.82) is 0 Å². The third-order valence-electron chi connectivity index (χ3n) is 7.70. The molecule has 6 aromatic carbocycles. The Hall–Kier alpha value is -5.66. The second kappa shape index (κ2) is 14.6. The summed E-state index contributed by atoms with van der Waals surface area (Å²) in [6, 6.07) is 43.8. The predicted octanol–water partition coefficient (Wildman–Crippen LogP) is 8.91. The molecule has 0 fully saturated rings. The summed E-state index contributed by atoms with van der Waals surface area (Å²) >= 11 is 1.43. The molecule has 0 heterocycles. The van der Waals surface area contributed by atoms with E-state index in [1.807, 2.05) is 116 Å². The van der Waals surface area contributed by atoms with Gasteiger partial charge in [-0.2, -0.15) is 0 Å². The van der Waals surface area contributed by atoms with Gasteiger partial charge in [-0.3, -0.25) is 14.4 Å². The number of rotatable bonds is 10. The summed E-state index contributed by atoms with van der Waals surface area (Å²) in [6.45, 7) is 1.98. The van der Waals surface area contributed by atoms with E-state index in [1.54, 1.807) is 36.4 Å². The van der Waals surface area contributed by atoms with Crippen molar-refractivity contribution in [3.05, 3.63) is 156 Å². The van der Waals surface area contributed by atoms with Crippen LogP contribution in [-0.2, 0) is 9.59 Å². The minimum atomic E-state index is -0.467. The van der Waals surface area contributed by atoms with E-state index in [2.05, 4.69) is 16.0 Å². The van der Waals surface area contributed by atoms with Crippen LogP contribution >= 0.6 is 11.8 Å². The number of benzene rings is 6. The molecule has 0 saturated carbocycles. The minimum absolute atomic E-state index is 0.0915. The van der Waals surface area contributed by atoms with Crippen LogP contribution in [0.3, 0.4) is 0 Å². The lowest BCUT2D eigenvalue weighted by atomic mass is 10.0. The molecule has 0 aromatic heterocycles. The number of fused-ring (bicyclic) bond motifs is 2. The fraction of sp³-hybridized carbons (Fsp3) is 0.0750. The average molecular weight is 636 g/mol. The van der Waals surface area contributed by atoms with Gasteiger partial charge in [-0.15, -0.1) is 11.8 Å². The highest BCUT2D eigenvalue weighted by atomic mass is 32.2.